The van der Waals surface area contributed by atoms with E-state index in [0.29, 0.717) is 27.1 Å². The maximum absolute atomic E-state index is 8.80. The zero-order valence-corrected chi connectivity index (χ0v) is 12.0. The van der Waals surface area contributed by atoms with Crippen molar-refractivity contribution in [3.8, 4) is 6.07 Å². The summed E-state index contributed by atoms with van der Waals surface area (Å²) in [5.41, 5.74) is 1.15. The average molecular weight is 343 g/mol. The highest BCUT2D eigenvalue weighted by molar-refractivity contribution is 9.10. The lowest BCUT2D eigenvalue weighted by molar-refractivity contribution is 1.29. The van der Waals surface area contributed by atoms with Crippen LogP contribution in [0.2, 0.25) is 10.0 Å². The molecule has 1 aromatic heterocycles. The Labute approximate surface area is 122 Å². The number of rotatable bonds is 2. The number of nitrogens with zero attached hydrogens (tertiary/aromatic N) is 2. The van der Waals surface area contributed by atoms with Crippen molar-refractivity contribution in [2.24, 2.45) is 0 Å². The van der Waals surface area contributed by atoms with Crippen molar-refractivity contribution >= 4 is 50.6 Å². The lowest BCUT2D eigenvalue weighted by atomic mass is 10.2. The maximum Gasteiger partial charge on any atom is 0.131 e. The van der Waals surface area contributed by atoms with Crippen molar-refractivity contribution in [2.45, 2.75) is 0 Å². The summed E-state index contributed by atoms with van der Waals surface area (Å²) < 4.78 is 0.721. The highest BCUT2D eigenvalue weighted by Crippen LogP contribution is 2.36. The molecule has 0 amide bonds. The quantitative estimate of drug-likeness (QED) is 0.800. The third-order valence-corrected chi connectivity index (χ3v) is 3.96. The molecule has 0 radical (unpaired) electrons. The minimum Gasteiger partial charge on any atom is -0.339 e. The highest BCUT2D eigenvalue weighted by atomic mass is 79.9. The Morgan fingerprint density at radius 3 is 2.72 bits per heavy atom. The molecule has 0 aliphatic carbocycles. The number of anilines is 2. The number of hydrogen-bond acceptors (Lipinski definition) is 3. The van der Waals surface area contributed by atoms with E-state index in [-0.39, 0.29) is 0 Å². The molecule has 3 nitrogen and oxygen atoms in total. The predicted octanol–water partition coefficient (Wildman–Crippen LogP) is 4.77. The minimum absolute atomic E-state index is 0.398. The van der Waals surface area contributed by atoms with Gasteiger partial charge in [0.2, 0.25) is 0 Å². The molecule has 0 fully saturated rings. The Morgan fingerprint density at radius 2 is 2.00 bits per heavy atom. The smallest absolute Gasteiger partial charge is 0.131 e. The first kappa shape index (κ1) is 13.2. The number of hydrogen-bond donors (Lipinski definition) is 1. The summed E-state index contributed by atoms with van der Waals surface area (Å²) in [6, 6.07) is 8.86. The molecule has 1 N–H and O–H groups in total. The number of pyridine rings is 1. The van der Waals surface area contributed by atoms with Crippen LogP contribution in [-0.4, -0.2) is 4.98 Å². The first-order chi connectivity index (χ1) is 8.61. The number of nitriles is 1. The summed E-state index contributed by atoms with van der Waals surface area (Å²) in [5, 5.41) is 12.6. The topological polar surface area (TPSA) is 48.7 Å². The number of halogens is 3. The second kappa shape index (κ2) is 5.57. The molecule has 0 saturated heterocycles. The Morgan fingerprint density at radius 1 is 1.22 bits per heavy atom. The molecular formula is C12H6BrCl2N3. The van der Waals surface area contributed by atoms with E-state index in [9.17, 15) is 0 Å². The monoisotopic (exact) mass is 341 g/mol. The van der Waals surface area contributed by atoms with Gasteiger partial charge in [-0.1, -0.05) is 23.2 Å². The zero-order chi connectivity index (χ0) is 13.1. The fraction of sp³-hybridized carbons (Fsp3) is 0. The minimum atomic E-state index is 0.398. The summed E-state index contributed by atoms with van der Waals surface area (Å²) in [4.78, 5) is 4.10. The molecule has 0 aliphatic rings. The van der Waals surface area contributed by atoms with Crippen LogP contribution in [0.5, 0.6) is 0 Å². The Balaban J connectivity index is 2.35. The molecule has 90 valence electrons. The van der Waals surface area contributed by atoms with Crippen LogP contribution in [0.4, 0.5) is 11.5 Å². The Hall–Kier alpha value is -1.28. The van der Waals surface area contributed by atoms with Gasteiger partial charge in [0.05, 0.1) is 27.4 Å². The van der Waals surface area contributed by atoms with Crippen LogP contribution in [0.3, 0.4) is 0 Å². The molecule has 0 saturated carbocycles. The van der Waals surface area contributed by atoms with Gasteiger partial charge in [0, 0.05) is 10.7 Å². The molecule has 18 heavy (non-hydrogen) atoms. The first-order valence-corrected chi connectivity index (χ1v) is 6.43. The van der Waals surface area contributed by atoms with Gasteiger partial charge in [0.25, 0.3) is 0 Å². The molecule has 0 aliphatic heterocycles. The molecule has 0 unspecified atom stereocenters. The third-order valence-electron chi connectivity index (χ3n) is 2.19. The van der Waals surface area contributed by atoms with Gasteiger partial charge in [-0.25, -0.2) is 4.98 Å². The standard InChI is InChI=1S/C12H6BrCl2N3/c13-8-1-2-9(12(15)11(8)14)18-10-5-7(6-16)3-4-17-10/h1-5H,(H,17,18). The van der Waals surface area contributed by atoms with Gasteiger partial charge in [-0.15, -0.1) is 0 Å². The van der Waals surface area contributed by atoms with Gasteiger partial charge in [-0.05, 0) is 40.2 Å². The molecule has 6 heteroatoms. The normalized spacial score (nSPS) is 9.89. The van der Waals surface area contributed by atoms with Crippen LogP contribution < -0.4 is 5.32 Å². The van der Waals surface area contributed by atoms with Crippen molar-refractivity contribution in [3.63, 3.8) is 0 Å². The van der Waals surface area contributed by atoms with Crippen molar-refractivity contribution < 1.29 is 0 Å². The van der Waals surface area contributed by atoms with E-state index in [1.54, 1.807) is 30.5 Å². The van der Waals surface area contributed by atoms with Crippen LogP contribution in [-0.2, 0) is 0 Å². The molecule has 2 rings (SSSR count). The third kappa shape index (κ3) is 2.75. The number of aromatic nitrogens is 1. The van der Waals surface area contributed by atoms with E-state index in [1.165, 1.54) is 0 Å². The number of nitrogens with one attached hydrogen (secondary N) is 1. The van der Waals surface area contributed by atoms with Gasteiger partial charge in [-0.2, -0.15) is 5.26 Å². The lowest BCUT2D eigenvalue weighted by Crippen LogP contribution is -1.95. The van der Waals surface area contributed by atoms with E-state index in [1.807, 2.05) is 6.07 Å². The molecular weight excluding hydrogens is 337 g/mol. The molecule has 1 aromatic carbocycles. The van der Waals surface area contributed by atoms with Crippen LogP contribution in [0, 0.1) is 11.3 Å². The summed E-state index contributed by atoms with van der Waals surface area (Å²) in [7, 11) is 0. The van der Waals surface area contributed by atoms with Crippen LogP contribution in [0.15, 0.2) is 34.9 Å². The largest absolute Gasteiger partial charge is 0.339 e. The summed E-state index contributed by atoms with van der Waals surface area (Å²) in [6.07, 6.45) is 1.55. The van der Waals surface area contributed by atoms with Gasteiger partial charge >= 0.3 is 0 Å². The summed E-state index contributed by atoms with van der Waals surface area (Å²) >= 11 is 15.4. The fourth-order valence-corrected chi connectivity index (χ4v) is 2.15. The van der Waals surface area contributed by atoms with E-state index in [0.717, 1.165) is 4.47 Å². The van der Waals surface area contributed by atoms with Crippen molar-refractivity contribution in [2.75, 3.05) is 5.32 Å². The van der Waals surface area contributed by atoms with E-state index < -0.39 is 0 Å². The molecule has 0 bridgehead atoms. The average Bonchev–Trinajstić information content (AvgIpc) is 2.40. The second-order valence-electron chi connectivity index (χ2n) is 3.39. The second-order valence-corrected chi connectivity index (χ2v) is 5.00. The maximum atomic E-state index is 8.80. The van der Waals surface area contributed by atoms with Crippen molar-refractivity contribution in [3.05, 3.63) is 50.5 Å². The van der Waals surface area contributed by atoms with Gasteiger partial charge in [-0.3, -0.25) is 0 Å². The summed E-state index contributed by atoms with van der Waals surface area (Å²) in [5.74, 6) is 0.536. The first-order valence-electron chi connectivity index (χ1n) is 4.88. The predicted molar refractivity (Wildman–Crippen MR) is 76.4 cm³/mol. The van der Waals surface area contributed by atoms with E-state index in [4.69, 9.17) is 28.5 Å². The van der Waals surface area contributed by atoms with Gasteiger partial charge in [0.1, 0.15) is 5.82 Å². The summed E-state index contributed by atoms with van der Waals surface area (Å²) in [6.45, 7) is 0. The van der Waals surface area contributed by atoms with Gasteiger partial charge < -0.3 is 5.32 Å². The van der Waals surface area contributed by atoms with Gasteiger partial charge in [0.15, 0.2) is 0 Å². The Kier molecular flexibility index (Phi) is 4.07. The van der Waals surface area contributed by atoms with Crippen molar-refractivity contribution in [1.29, 1.82) is 5.26 Å². The lowest BCUT2D eigenvalue weighted by Gasteiger charge is -2.09. The SMILES string of the molecule is N#Cc1ccnc(Nc2ccc(Br)c(Cl)c2Cl)c1. The van der Waals surface area contributed by atoms with E-state index in [2.05, 4.69) is 26.2 Å². The van der Waals surface area contributed by atoms with E-state index >= 15 is 0 Å². The molecule has 2 aromatic rings. The highest BCUT2D eigenvalue weighted by Gasteiger charge is 2.09. The number of benzene rings is 1. The molecule has 0 atom stereocenters. The van der Waals surface area contributed by atoms with Crippen LogP contribution >= 0.6 is 39.1 Å². The van der Waals surface area contributed by atoms with Crippen molar-refractivity contribution in [1.82, 2.24) is 4.98 Å². The fourth-order valence-electron chi connectivity index (χ4n) is 1.33. The van der Waals surface area contributed by atoms with Crippen LogP contribution in [0.1, 0.15) is 5.56 Å². The Bertz CT molecular complexity index is 638. The van der Waals surface area contributed by atoms with Crippen LogP contribution in [0.25, 0.3) is 0 Å². The molecule has 0 spiro atoms. The zero-order valence-electron chi connectivity index (χ0n) is 8.92. The molecule has 1 heterocycles.